The summed E-state index contributed by atoms with van der Waals surface area (Å²) in [5, 5.41) is 11.3. The minimum atomic E-state index is -0.303. The normalized spacial score (nSPS) is 19.6. The molecule has 4 heterocycles. The Kier molecular flexibility index (Phi) is 4.72. The summed E-state index contributed by atoms with van der Waals surface area (Å²) in [6.07, 6.45) is 2.24. The van der Waals surface area contributed by atoms with Gasteiger partial charge in [0.1, 0.15) is 17.3 Å². The van der Waals surface area contributed by atoms with E-state index in [2.05, 4.69) is 15.5 Å². The van der Waals surface area contributed by atoms with Crippen molar-refractivity contribution in [3.8, 4) is 5.75 Å². The quantitative estimate of drug-likeness (QED) is 0.694. The fraction of sp³-hybridized carbons (Fsp3) is 0.364. The molecule has 2 aromatic heterocycles. The molecular weight excluding hydrogens is 398 g/mol. The molecule has 2 aliphatic rings. The highest BCUT2D eigenvalue weighted by Crippen LogP contribution is 2.33. The molecular formula is C22H23N5O4. The highest BCUT2D eigenvalue weighted by Gasteiger charge is 2.41. The lowest BCUT2D eigenvalue weighted by atomic mass is 9.89. The monoisotopic (exact) mass is 421 g/mol. The van der Waals surface area contributed by atoms with Gasteiger partial charge in [0.2, 0.25) is 5.82 Å². The van der Waals surface area contributed by atoms with E-state index in [1.807, 2.05) is 9.47 Å². The number of ether oxygens (including phenoxy) is 1. The number of carbonyl (C=O) groups excluding carboxylic acids is 2. The number of aromatic nitrogens is 3. The Bertz CT molecular complexity index is 1130. The molecule has 0 aliphatic carbocycles. The van der Waals surface area contributed by atoms with Gasteiger partial charge >= 0.3 is 0 Å². The number of methoxy groups -OCH3 is 1. The number of hydrogen-bond acceptors (Lipinski definition) is 6. The van der Waals surface area contributed by atoms with E-state index in [0.717, 1.165) is 11.6 Å². The van der Waals surface area contributed by atoms with E-state index in [1.54, 1.807) is 50.6 Å². The van der Waals surface area contributed by atoms with Gasteiger partial charge in [-0.3, -0.25) is 9.59 Å². The van der Waals surface area contributed by atoms with Crippen molar-refractivity contribution in [2.24, 2.45) is 11.8 Å². The van der Waals surface area contributed by atoms with E-state index in [4.69, 9.17) is 9.15 Å². The molecule has 9 heteroatoms. The van der Waals surface area contributed by atoms with Crippen molar-refractivity contribution in [3.05, 3.63) is 59.6 Å². The van der Waals surface area contributed by atoms with Crippen molar-refractivity contribution in [1.29, 1.82) is 0 Å². The smallest absolute Gasteiger partial charge is 0.293 e. The van der Waals surface area contributed by atoms with Gasteiger partial charge in [-0.1, -0.05) is 0 Å². The Morgan fingerprint density at radius 1 is 1.10 bits per heavy atom. The number of likely N-dealkylation sites (tertiary alicyclic amines) is 1. The van der Waals surface area contributed by atoms with Crippen molar-refractivity contribution < 1.29 is 18.7 Å². The maximum Gasteiger partial charge on any atom is 0.293 e. The van der Waals surface area contributed by atoms with Crippen LogP contribution in [-0.4, -0.2) is 51.7 Å². The van der Waals surface area contributed by atoms with Crippen LogP contribution in [0.5, 0.6) is 5.75 Å². The van der Waals surface area contributed by atoms with E-state index >= 15 is 0 Å². The van der Waals surface area contributed by atoms with E-state index in [9.17, 15) is 9.59 Å². The maximum atomic E-state index is 12.9. The molecule has 160 valence electrons. The minimum absolute atomic E-state index is 0.00566. The molecule has 5 rings (SSSR count). The lowest BCUT2D eigenvalue weighted by molar-refractivity contribution is 0.0781. The predicted octanol–water partition coefficient (Wildman–Crippen LogP) is 2.38. The Morgan fingerprint density at radius 2 is 1.87 bits per heavy atom. The second kappa shape index (κ2) is 7.57. The Hall–Kier alpha value is -3.62. The van der Waals surface area contributed by atoms with Crippen molar-refractivity contribution in [1.82, 2.24) is 19.7 Å². The zero-order valence-electron chi connectivity index (χ0n) is 17.4. The van der Waals surface area contributed by atoms with Gasteiger partial charge in [-0.2, -0.15) is 0 Å². The molecule has 1 fully saturated rings. The largest absolute Gasteiger partial charge is 0.497 e. The first-order chi connectivity index (χ1) is 15.0. The van der Waals surface area contributed by atoms with Gasteiger partial charge < -0.3 is 23.9 Å². The van der Waals surface area contributed by atoms with E-state index in [0.29, 0.717) is 54.8 Å². The van der Waals surface area contributed by atoms with Crippen LogP contribution < -0.4 is 10.1 Å². The Labute approximate surface area is 179 Å². The number of anilines is 1. The molecule has 1 saturated heterocycles. The molecule has 31 heavy (non-hydrogen) atoms. The number of amides is 2. The fourth-order valence-electron chi connectivity index (χ4n) is 4.50. The predicted molar refractivity (Wildman–Crippen MR) is 111 cm³/mol. The van der Waals surface area contributed by atoms with Crippen LogP contribution in [0.25, 0.3) is 0 Å². The zero-order chi connectivity index (χ0) is 21.5. The SMILES string of the molecule is COc1ccc(NC(=O)c2nnc3n2C[C@H]2CN(C(=O)c4ccoc4C)C[C@@H]2C3)cc1. The number of furan rings is 1. The first-order valence-electron chi connectivity index (χ1n) is 10.2. The van der Waals surface area contributed by atoms with Crippen LogP contribution in [-0.2, 0) is 13.0 Å². The van der Waals surface area contributed by atoms with Crippen LogP contribution in [0, 0.1) is 18.8 Å². The fourth-order valence-corrected chi connectivity index (χ4v) is 4.50. The van der Waals surface area contributed by atoms with Crippen LogP contribution in [0.15, 0.2) is 41.0 Å². The van der Waals surface area contributed by atoms with Gasteiger partial charge in [0.05, 0.1) is 18.9 Å². The summed E-state index contributed by atoms with van der Waals surface area (Å²) in [5.41, 5.74) is 1.27. The van der Waals surface area contributed by atoms with Gasteiger partial charge in [0.15, 0.2) is 0 Å². The first kappa shape index (κ1) is 19.3. The highest BCUT2D eigenvalue weighted by molar-refractivity contribution is 6.01. The summed E-state index contributed by atoms with van der Waals surface area (Å²) in [5.74, 6) is 2.69. The molecule has 1 N–H and O–H groups in total. The molecule has 2 atom stereocenters. The minimum Gasteiger partial charge on any atom is -0.497 e. The van der Waals surface area contributed by atoms with Gasteiger partial charge in [-0.25, -0.2) is 0 Å². The van der Waals surface area contributed by atoms with Gasteiger partial charge in [0, 0.05) is 31.7 Å². The van der Waals surface area contributed by atoms with Crippen molar-refractivity contribution >= 4 is 17.5 Å². The number of nitrogens with one attached hydrogen (secondary N) is 1. The Morgan fingerprint density at radius 3 is 2.58 bits per heavy atom. The van der Waals surface area contributed by atoms with Crippen molar-refractivity contribution in [2.45, 2.75) is 19.9 Å². The van der Waals surface area contributed by atoms with Crippen LogP contribution in [0.4, 0.5) is 5.69 Å². The molecule has 0 spiro atoms. The van der Waals surface area contributed by atoms with Crippen LogP contribution in [0.1, 0.15) is 32.6 Å². The second-order valence-corrected chi connectivity index (χ2v) is 8.06. The highest BCUT2D eigenvalue weighted by atomic mass is 16.5. The summed E-state index contributed by atoms with van der Waals surface area (Å²) < 4.78 is 12.3. The van der Waals surface area contributed by atoms with Gasteiger partial charge in [-0.15, -0.1) is 10.2 Å². The van der Waals surface area contributed by atoms with Crippen molar-refractivity contribution in [3.63, 3.8) is 0 Å². The molecule has 0 unspecified atom stereocenters. The average Bonchev–Trinajstić information content (AvgIpc) is 3.49. The lowest BCUT2D eigenvalue weighted by Gasteiger charge is -2.25. The van der Waals surface area contributed by atoms with Crippen molar-refractivity contribution in [2.75, 3.05) is 25.5 Å². The molecule has 1 aromatic carbocycles. The van der Waals surface area contributed by atoms with E-state index < -0.39 is 0 Å². The molecule has 2 aliphatic heterocycles. The molecule has 0 saturated carbocycles. The second-order valence-electron chi connectivity index (χ2n) is 8.06. The third kappa shape index (κ3) is 3.45. The number of rotatable bonds is 4. The van der Waals surface area contributed by atoms with E-state index in [-0.39, 0.29) is 17.7 Å². The zero-order valence-corrected chi connectivity index (χ0v) is 17.4. The number of benzene rings is 1. The molecule has 9 nitrogen and oxygen atoms in total. The van der Waals surface area contributed by atoms with Crippen LogP contribution in [0.3, 0.4) is 0 Å². The topological polar surface area (TPSA) is 102 Å². The molecule has 3 aromatic rings. The molecule has 0 radical (unpaired) electrons. The third-order valence-corrected chi connectivity index (χ3v) is 6.19. The molecule has 2 amide bonds. The maximum absolute atomic E-state index is 12.9. The number of fused-ring (bicyclic) bond motifs is 2. The molecule has 0 bridgehead atoms. The van der Waals surface area contributed by atoms with E-state index in [1.165, 1.54) is 0 Å². The van der Waals surface area contributed by atoms with Gasteiger partial charge in [0.25, 0.3) is 11.8 Å². The van der Waals surface area contributed by atoms with Gasteiger partial charge in [-0.05, 0) is 49.1 Å². The van der Waals surface area contributed by atoms with Crippen LogP contribution >= 0.6 is 0 Å². The number of hydrogen-bond donors (Lipinski definition) is 1. The first-order valence-corrected chi connectivity index (χ1v) is 10.2. The average molecular weight is 421 g/mol. The lowest BCUT2D eigenvalue weighted by Crippen LogP contribution is -2.31. The number of nitrogens with zero attached hydrogens (tertiary/aromatic N) is 4. The van der Waals surface area contributed by atoms with Crippen LogP contribution in [0.2, 0.25) is 0 Å². The number of aryl methyl sites for hydroxylation is 1. The Balaban J connectivity index is 1.29. The summed E-state index contributed by atoms with van der Waals surface area (Å²) in [6.45, 7) is 3.73. The standard InChI is InChI=1S/C22H23N5O4/c1-13-18(7-8-31-13)22(29)26-10-14-9-19-24-25-20(27(19)12-15(14)11-26)21(28)23-16-3-5-17(30-2)6-4-16/h3-8,14-15H,9-12H2,1-2H3,(H,23,28)/t14-,15+/m0/s1. The summed E-state index contributed by atoms with van der Waals surface area (Å²) in [6, 6.07) is 8.84. The number of carbonyl (C=O) groups is 2. The summed E-state index contributed by atoms with van der Waals surface area (Å²) in [7, 11) is 1.59. The summed E-state index contributed by atoms with van der Waals surface area (Å²) in [4.78, 5) is 27.6. The summed E-state index contributed by atoms with van der Waals surface area (Å²) >= 11 is 0. The third-order valence-electron chi connectivity index (χ3n) is 6.19.